The quantitative estimate of drug-likeness (QED) is 0.939. The van der Waals surface area contributed by atoms with Gasteiger partial charge in [0.05, 0.1) is 12.8 Å². The summed E-state index contributed by atoms with van der Waals surface area (Å²) in [4.78, 5) is 11.3. The van der Waals surface area contributed by atoms with Gasteiger partial charge in [0.2, 0.25) is 0 Å². The summed E-state index contributed by atoms with van der Waals surface area (Å²) in [5.41, 5.74) is 1.92. The predicted molar refractivity (Wildman–Crippen MR) is 78.7 cm³/mol. The van der Waals surface area contributed by atoms with Gasteiger partial charge in [0.25, 0.3) is 0 Å². The number of aryl methyl sites for hydroxylation is 1. The lowest BCUT2D eigenvalue weighted by Crippen LogP contribution is -2.09. The van der Waals surface area contributed by atoms with E-state index in [1.54, 1.807) is 12.1 Å². The molecule has 0 aliphatic carbocycles. The molecule has 1 heterocycles. The lowest BCUT2D eigenvalue weighted by atomic mass is 10.1. The molecule has 2 rings (SSSR count). The number of hydrogen-bond acceptors (Lipinski definition) is 4. The van der Waals surface area contributed by atoms with E-state index in [-0.39, 0.29) is 11.6 Å². The normalized spacial score (nSPS) is 11.0. The SMILES string of the molecule is COc1cc(Cl)c(C)cc1-n1nnc(C(=O)O)c1C(C)C. The number of aromatic nitrogens is 3. The van der Waals surface area contributed by atoms with Crippen molar-refractivity contribution in [3.05, 3.63) is 34.1 Å². The molecule has 7 heteroatoms. The molecular formula is C14H16ClN3O3. The van der Waals surface area contributed by atoms with Crippen LogP contribution in [0, 0.1) is 6.92 Å². The second kappa shape index (κ2) is 5.73. The number of benzene rings is 1. The molecule has 0 bridgehead atoms. The molecule has 0 amide bonds. The third-order valence-electron chi connectivity index (χ3n) is 3.14. The first kappa shape index (κ1) is 15.3. The summed E-state index contributed by atoms with van der Waals surface area (Å²) in [6, 6.07) is 3.48. The minimum Gasteiger partial charge on any atom is -0.494 e. The van der Waals surface area contributed by atoms with Gasteiger partial charge in [-0.25, -0.2) is 9.48 Å². The number of ether oxygens (including phenoxy) is 1. The standard InChI is InChI=1S/C14H16ClN3O3/c1-7(2)13-12(14(19)20)16-17-18(13)10-5-8(3)9(15)6-11(10)21-4/h5-7H,1-4H3,(H,19,20). The van der Waals surface area contributed by atoms with Crippen LogP contribution in [0.15, 0.2) is 12.1 Å². The van der Waals surface area contributed by atoms with Gasteiger partial charge >= 0.3 is 5.97 Å². The van der Waals surface area contributed by atoms with E-state index < -0.39 is 5.97 Å². The molecular weight excluding hydrogens is 294 g/mol. The summed E-state index contributed by atoms with van der Waals surface area (Å²) >= 11 is 6.09. The van der Waals surface area contributed by atoms with Crippen molar-refractivity contribution in [2.45, 2.75) is 26.7 Å². The number of carboxylic acids is 1. The molecule has 0 aliphatic rings. The van der Waals surface area contributed by atoms with Gasteiger partial charge in [0.1, 0.15) is 11.4 Å². The van der Waals surface area contributed by atoms with Crippen LogP contribution in [0.2, 0.25) is 5.02 Å². The van der Waals surface area contributed by atoms with Crippen LogP contribution >= 0.6 is 11.6 Å². The van der Waals surface area contributed by atoms with Crippen molar-refractivity contribution < 1.29 is 14.6 Å². The number of carboxylic acid groups (broad SMARTS) is 1. The van der Waals surface area contributed by atoms with Crippen molar-refractivity contribution in [1.82, 2.24) is 15.0 Å². The highest BCUT2D eigenvalue weighted by Crippen LogP contribution is 2.32. The van der Waals surface area contributed by atoms with E-state index >= 15 is 0 Å². The number of halogens is 1. The highest BCUT2D eigenvalue weighted by molar-refractivity contribution is 6.31. The molecule has 1 aromatic carbocycles. The summed E-state index contributed by atoms with van der Waals surface area (Å²) in [6.45, 7) is 5.63. The van der Waals surface area contributed by atoms with Gasteiger partial charge in [-0.1, -0.05) is 30.7 Å². The van der Waals surface area contributed by atoms with E-state index in [9.17, 15) is 9.90 Å². The molecule has 21 heavy (non-hydrogen) atoms. The van der Waals surface area contributed by atoms with Crippen molar-refractivity contribution in [3.8, 4) is 11.4 Å². The lowest BCUT2D eigenvalue weighted by Gasteiger charge is -2.14. The summed E-state index contributed by atoms with van der Waals surface area (Å²) in [5.74, 6) is -0.657. The molecule has 0 saturated carbocycles. The number of aromatic carboxylic acids is 1. The van der Waals surface area contributed by atoms with Crippen LogP contribution in [-0.2, 0) is 0 Å². The number of rotatable bonds is 4. The zero-order chi connectivity index (χ0) is 15.7. The predicted octanol–water partition coefficient (Wildman–Crippen LogP) is 3.06. The first-order valence-corrected chi connectivity index (χ1v) is 6.78. The van der Waals surface area contributed by atoms with E-state index in [4.69, 9.17) is 16.3 Å². The second-order valence-corrected chi connectivity index (χ2v) is 5.38. The number of carbonyl (C=O) groups is 1. The third kappa shape index (κ3) is 2.71. The molecule has 112 valence electrons. The molecule has 2 aromatic rings. The van der Waals surface area contributed by atoms with Crippen molar-refractivity contribution in [2.75, 3.05) is 7.11 Å². The third-order valence-corrected chi connectivity index (χ3v) is 3.55. The van der Waals surface area contributed by atoms with E-state index in [1.165, 1.54) is 11.8 Å². The van der Waals surface area contributed by atoms with Crippen LogP contribution in [0.4, 0.5) is 0 Å². The Labute approximate surface area is 127 Å². The van der Waals surface area contributed by atoms with Crippen LogP contribution in [0.3, 0.4) is 0 Å². The maximum atomic E-state index is 11.3. The second-order valence-electron chi connectivity index (χ2n) is 4.97. The molecule has 0 aliphatic heterocycles. The van der Waals surface area contributed by atoms with Gasteiger partial charge in [-0.05, 0) is 24.5 Å². The van der Waals surface area contributed by atoms with Gasteiger partial charge < -0.3 is 9.84 Å². The van der Waals surface area contributed by atoms with E-state index in [0.29, 0.717) is 22.2 Å². The van der Waals surface area contributed by atoms with Crippen LogP contribution < -0.4 is 4.74 Å². The molecule has 0 unspecified atom stereocenters. The summed E-state index contributed by atoms with van der Waals surface area (Å²) < 4.78 is 6.82. The maximum Gasteiger partial charge on any atom is 0.358 e. The Morgan fingerprint density at radius 2 is 2.10 bits per heavy atom. The van der Waals surface area contributed by atoms with Crippen molar-refractivity contribution in [1.29, 1.82) is 0 Å². The average Bonchev–Trinajstić information content (AvgIpc) is 2.86. The van der Waals surface area contributed by atoms with Gasteiger partial charge in [0.15, 0.2) is 5.69 Å². The fourth-order valence-electron chi connectivity index (χ4n) is 2.11. The van der Waals surface area contributed by atoms with Crippen LogP contribution in [-0.4, -0.2) is 33.2 Å². The van der Waals surface area contributed by atoms with Gasteiger partial charge in [0, 0.05) is 11.1 Å². The minimum atomic E-state index is -1.10. The van der Waals surface area contributed by atoms with Crippen LogP contribution in [0.1, 0.15) is 41.5 Å². The van der Waals surface area contributed by atoms with Crippen LogP contribution in [0.25, 0.3) is 5.69 Å². The molecule has 0 radical (unpaired) electrons. The van der Waals surface area contributed by atoms with Crippen molar-refractivity contribution in [3.63, 3.8) is 0 Å². The van der Waals surface area contributed by atoms with E-state index in [0.717, 1.165) is 5.56 Å². The Kier molecular flexibility index (Phi) is 4.18. The summed E-state index contributed by atoms with van der Waals surface area (Å²) in [7, 11) is 1.52. The largest absolute Gasteiger partial charge is 0.494 e. The average molecular weight is 310 g/mol. The number of hydrogen-bond donors (Lipinski definition) is 1. The van der Waals surface area contributed by atoms with Gasteiger partial charge in [-0.3, -0.25) is 0 Å². The fraction of sp³-hybridized carbons (Fsp3) is 0.357. The van der Waals surface area contributed by atoms with Crippen molar-refractivity contribution >= 4 is 17.6 Å². The Hall–Kier alpha value is -2.08. The maximum absolute atomic E-state index is 11.3. The minimum absolute atomic E-state index is 0.0559. The molecule has 0 atom stereocenters. The van der Waals surface area contributed by atoms with E-state index in [2.05, 4.69) is 10.3 Å². The zero-order valence-electron chi connectivity index (χ0n) is 12.2. The highest BCUT2D eigenvalue weighted by Gasteiger charge is 2.24. The smallest absolute Gasteiger partial charge is 0.358 e. The Bertz CT molecular complexity index is 695. The van der Waals surface area contributed by atoms with Gasteiger partial charge in [-0.2, -0.15) is 0 Å². The molecule has 0 saturated heterocycles. The monoisotopic (exact) mass is 309 g/mol. The van der Waals surface area contributed by atoms with E-state index in [1.807, 2.05) is 20.8 Å². The zero-order valence-corrected chi connectivity index (χ0v) is 13.0. The Balaban J connectivity index is 2.73. The highest BCUT2D eigenvalue weighted by atomic mass is 35.5. The molecule has 1 N–H and O–H groups in total. The van der Waals surface area contributed by atoms with Crippen LogP contribution in [0.5, 0.6) is 5.75 Å². The molecule has 0 fully saturated rings. The molecule has 1 aromatic heterocycles. The Morgan fingerprint density at radius 3 is 2.62 bits per heavy atom. The first-order valence-electron chi connectivity index (χ1n) is 6.40. The molecule has 0 spiro atoms. The number of nitrogens with zero attached hydrogens (tertiary/aromatic N) is 3. The lowest BCUT2D eigenvalue weighted by molar-refractivity contribution is 0.0688. The topological polar surface area (TPSA) is 77.2 Å². The van der Waals surface area contributed by atoms with Gasteiger partial charge in [-0.15, -0.1) is 5.10 Å². The Morgan fingerprint density at radius 1 is 1.43 bits per heavy atom. The fourth-order valence-corrected chi connectivity index (χ4v) is 2.27. The summed E-state index contributed by atoms with van der Waals surface area (Å²) in [6.07, 6.45) is 0. The summed E-state index contributed by atoms with van der Waals surface area (Å²) in [5, 5.41) is 17.5. The van der Waals surface area contributed by atoms with Crippen molar-refractivity contribution in [2.24, 2.45) is 0 Å². The molecule has 6 nitrogen and oxygen atoms in total. The number of methoxy groups -OCH3 is 1. The first-order chi connectivity index (χ1) is 9.86.